The minimum Gasteiger partial charge on any atom is -0.345 e. The van der Waals surface area contributed by atoms with E-state index in [2.05, 4.69) is 10.3 Å². The number of anilines is 2. The number of nitrogens with zero attached hydrogens (tertiary/aromatic N) is 2. The van der Waals surface area contributed by atoms with E-state index in [0.29, 0.717) is 4.88 Å². The molecule has 3 rings (SSSR count). The zero-order valence-electron chi connectivity index (χ0n) is 14.6. The van der Waals surface area contributed by atoms with E-state index in [4.69, 9.17) is 0 Å². The SMILES string of the molecule is Cc1nc(N(C)c2ccccc2)sc1C(=O)N[C@H](C)c1ccccc1. The Balaban J connectivity index is 1.77. The molecule has 1 N–H and O–H groups in total. The van der Waals surface area contributed by atoms with Crippen LogP contribution in [-0.4, -0.2) is 17.9 Å². The van der Waals surface area contributed by atoms with Crippen molar-refractivity contribution in [2.24, 2.45) is 0 Å². The predicted octanol–water partition coefficient (Wildman–Crippen LogP) is 4.71. The molecule has 0 aliphatic carbocycles. The highest BCUT2D eigenvalue weighted by molar-refractivity contribution is 7.17. The normalized spacial score (nSPS) is 11.8. The molecule has 1 heterocycles. The van der Waals surface area contributed by atoms with E-state index in [1.54, 1.807) is 0 Å². The second kappa shape index (κ2) is 7.49. The largest absolute Gasteiger partial charge is 0.345 e. The van der Waals surface area contributed by atoms with Crippen LogP contribution in [0.25, 0.3) is 0 Å². The first-order chi connectivity index (χ1) is 12.1. The summed E-state index contributed by atoms with van der Waals surface area (Å²) in [7, 11) is 1.96. The third-order valence-electron chi connectivity index (χ3n) is 4.07. The van der Waals surface area contributed by atoms with Crippen LogP contribution in [0.15, 0.2) is 60.7 Å². The molecular weight excluding hydrogens is 330 g/mol. The molecule has 0 fully saturated rings. The van der Waals surface area contributed by atoms with E-state index < -0.39 is 0 Å². The molecule has 0 spiro atoms. The number of carbonyl (C=O) groups excluding carboxylic acids is 1. The Kier molecular flexibility index (Phi) is 5.14. The minimum atomic E-state index is -0.0842. The lowest BCUT2D eigenvalue weighted by Gasteiger charge is -2.15. The van der Waals surface area contributed by atoms with Crippen LogP contribution in [-0.2, 0) is 0 Å². The molecule has 0 saturated carbocycles. The quantitative estimate of drug-likeness (QED) is 0.724. The number of benzene rings is 2. The molecule has 1 atom stereocenters. The van der Waals surface area contributed by atoms with Crippen molar-refractivity contribution in [1.29, 1.82) is 0 Å². The van der Waals surface area contributed by atoms with Crippen LogP contribution in [0.3, 0.4) is 0 Å². The average molecular weight is 351 g/mol. The zero-order chi connectivity index (χ0) is 17.8. The molecule has 0 saturated heterocycles. The first kappa shape index (κ1) is 17.2. The van der Waals surface area contributed by atoms with Gasteiger partial charge in [0.15, 0.2) is 5.13 Å². The number of hydrogen-bond donors (Lipinski definition) is 1. The molecule has 0 aliphatic rings. The van der Waals surface area contributed by atoms with Crippen LogP contribution >= 0.6 is 11.3 Å². The van der Waals surface area contributed by atoms with Gasteiger partial charge < -0.3 is 10.2 Å². The minimum absolute atomic E-state index is 0.0505. The fourth-order valence-corrected chi connectivity index (χ4v) is 3.54. The second-order valence-electron chi connectivity index (χ2n) is 5.91. The molecule has 25 heavy (non-hydrogen) atoms. The molecule has 1 aromatic heterocycles. The molecule has 0 bridgehead atoms. The number of aryl methyl sites for hydroxylation is 1. The Hall–Kier alpha value is -2.66. The summed E-state index contributed by atoms with van der Waals surface area (Å²) >= 11 is 1.41. The van der Waals surface area contributed by atoms with Gasteiger partial charge in [-0.25, -0.2) is 4.98 Å². The van der Waals surface area contributed by atoms with Gasteiger partial charge in [0.05, 0.1) is 11.7 Å². The lowest BCUT2D eigenvalue weighted by Crippen LogP contribution is -2.26. The average Bonchev–Trinajstić information content (AvgIpc) is 3.04. The molecule has 0 aliphatic heterocycles. The number of aromatic nitrogens is 1. The van der Waals surface area contributed by atoms with Gasteiger partial charge >= 0.3 is 0 Å². The van der Waals surface area contributed by atoms with Crippen LogP contribution < -0.4 is 10.2 Å². The van der Waals surface area contributed by atoms with Crippen molar-refractivity contribution in [3.8, 4) is 0 Å². The number of rotatable bonds is 5. The predicted molar refractivity (Wildman–Crippen MR) is 104 cm³/mol. The smallest absolute Gasteiger partial charge is 0.263 e. The third kappa shape index (κ3) is 3.88. The lowest BCUT2D eigenvalue weighted by atomic mass is 10.1. The summed E-state index contributed by atoms with van der Waals surface area (Å²) in [6.07, 6.45) is 0. The number of para-hydroxylation sites is 1. The van der Waals surface area contributed by atoms with Crippen molar-refractivity contribution in [3.05, 3.63) is 76.8 Å². The Morgan fingerprint density at radius 3 is 2.32 bits per heavy atom. The van der Waals surface area contributed by atoms with Crippen LogP contribution in [0.5, 0.6) is 0 Å². The fourth-order valence-electron chi connectivity index (χ4n) is 2.59. The Labute approximate surface area is 152 Å². The summed E-state index contributed by atoms with van der Waals surface area (Å²) in [6.45, 7) is 3.86. The van der Waals surface area contributed by atoms with E-state index in [1.807, 2.05) is 86.5 Å². The van der Waals surface area contributed by atoms with Gasteiger partial charge in [0, 0.05) is 12.7 Å². The van der Waals surface area contributed by atoms with E-state index in [-0.39, 0.29) is 11.9 Å². The molecule has 3 aromatic rings. The maximum atomic E-state index is 12.7. The van der Waals surface area contributed by atoms with Gasteiger partial charge in [-0.1, -0.05) is 59.9 Å². The topological polar surface area (TPSA) is 45.2 Å². The van der Waals surface area contributed by atoms with Gasteiger partial charge in [0.25, 0.3) is 5.91 Å². The van der Waals surface area contributed by atoms with Gasteiger partial charge in [-0.2, -0.15) is 0 Å². The number of amides is 1. The van der Waals surface area contributed by atoms with Crippen LogP contribution in [0.4, 0.5) is 10.8 Å². The molecule has 0 radical (unpaired) electrons. The molecule has 128 valence electrons. The highest BCUT2D eigenvalue weighted by Crippen LogP contribution is 2.30. The first-order valence-electron chi connectivity index (χ1n) is 8.18. The van der Waals surface area contributed by atoms with Crippen molar-refractivity contribution in [2.45, 2.75) is 19.9 Å². The van der Waals surface area contributed by atoms with Crippen molar-refractivity contribution >= 4 is 28.1 Å². The van der Waals surface area contributed by atoms with Crippen LogP contribution in [0.1, 0.15) is 33.9 Å². The maximum Gasteiger partial charge on any atom is 0.263 e. The molecular formula is C20H21N3OS. The fraction of sp³-hybridized carbons (Fsp3) is 0.200. The molecule has 5 heteroatoms. The van der Waals surface area contributed by atoms with Crippen molar-refractivity contribution < 1.29 is 4.79 Å². The molecule has 4 nitrogen and oxygen atoms in total. The van der Waals surface area contributed by atoms with Crippen molar-refractivity contribution in [3.63, 3.8) is 0 Å². The highest BCUT2D eigenvalue weighted by atomic mass is 32.1. The van der Waals surface area contributed by atoms with E-state index in [0.717, 1.165) is 22.1 Å². The van der Waals surface area contributed by atoms with Crippen LogP contribution in [0.2, 0.25) is 0 Å². The maximum absolute atomic E-state index is 12.7. The highest BCUT2D eigenvalue weighted by Gasteiger charge is 2.19. The molecule has 0 unspecified atom stereocenters. The van der Waals surface area contributed by atoms with Gasteiger partial charge in [-0.15, -0.1) is 0 Å². The van der Waals surface area contributed by atoms with Gasteiger partial charge in [0.1, 0.15) is 4.88 Å². The number of nitrogens with one attached hydrogen (secondary N) is 1. The molecule has 1 amide bonds. The van der Waals surface area contributed by atoms with E-state index in [1.165, 1.54) is 11.3 Å². The first-order valence-corrected chi connectivity index (χ1v) is 9.00. The van der Waals surface area contributed by atoms with Gasteiger partial charge in [-0.3, -0.25) is 4.79 Å². The summed E-state index contributed by atoms with van der Waals surface area (Å²) in [5, 5.41) is 3.86. The third-order valence-corrected chi connectivity index (χ3v) is 5.30. The number of carbonyl (C=O) groups is 1. The number of hydrogen-bond acceptors (Lipinski definition) is 4. The second-order valence-corrected chi connectivity index (χ2v) is 6.89. The zero-order valence-corrected chi connectivity index (χ0v) is 15.4. The summed E-state index contributed by atoms with van der Waals surface area (Å²) in [4.78, 5) is 19.9. The summed E-state index contributed by atoms with van der Waals surface area (Å²) in [5.41, 5.74) is 2.88. The van der Waals surface area contributed by atoms with E-state index in [9.17, 15) is 4.79 Å². The standard InChI is InChI=1S/C20H21N3OS/c1-14(16-10-6-4-7-11-16)21-19(24)18-15(2)22-20(25-18)23(3)17-12-8-5-9-13-17/h4-14H,1-3H3,(H,21,24)/t14-/m1/s1. The van der Waals surface area contributed by atoms with Crippen LogP contribution in [0, 0.1) is 6.92 Å². The van der Waals surface area contributed by atoms with Gasteiger partial charge in [0.2, 0.25) is 0 Å². The Morgan fingerprint density at radius 1 is 1.08 bits per heavy atom. The van der Waals surface area contributed by atoms with E-state index >= 15 is 0 Å². The summed E-state index contributed by atoms with van der Waals surface area (Å²) in [5.74, 6) is -0.0842. The monoisotopic (exact) mass is 351 g/mol. The Morgan fingerprint density at radius 2 is 1.68 bits per heavy atom. The van der Waals surface area contributed by atoms with Crippen molar-refractivity contribution in [2.75, 3.05) is 11.9 Å². The number of thiazole rings is 1. The van der Waals surface area contributed by atoms with Gasteiger partial charge in [-0.05, 0) is 31.5 Å². The lowest BCUT2D eigenvalue weighted by molar-refractivity contribution is 0.0943. The van der Waals surface area contributed by atoms with Crippen molar-refractivity contribution in [1.82, 2.24) is 10.3 Å². The summed E-state index contributed by atoms with van der Waals surface area (Å²) < 4.78 is 0. The molecule has 2 aromatic carbocycles. The Bertz CT molecular complexity index is 846. The summed E-state index contributed by atoms with van der Waals surface area (Å²) in [6, 6.07) is 19.9.